The highest BCUT2D eigenvalue weighted by atomic mass is 16.1. The van der Waals surface area contributed by atoms with E-state index in [9.17, 15) is 4.79 Å². The van der Waals surface area contributed by atoms with Crippen molar-refractivity contribution in [2.24, 2.45) is 5.73 Å². The van der Waals surface area contributed by atoms with Crippen molar-refractivity contribution < 1.29 is 4.79 Å². The largest absolute Gasteiger partial charge is 0.325 e. The number of carbonyl (C=O) groups is 1. The number of nitrogens with one attached hydrogen (secondary N) is 1. The monoisotopic (exact) mass is 241 g/mol. The smallest absolute Gasteiger partial charge is 0.229 e. The third-order valence-electron chi connectivity index (χ3n) is 2.49. The van der Waals surface area contributed by atoms with Crippen molar-refractivity contribution in [3.05, 3.63) is 59.8 Å². The van der Waals surface area contributed by atoms with Crippen LogP contribution in [0.25, 0.3) is 0 Å². The first-order valence-corrected chi connectivity index (χ1v) is 5.77. The molecule has 92 valence electrons. The molecular weight excluding hydrogens is 226 g/mol. The maximum absolute atomic E-state index is 11.8. The second-order valence-corrected chi connectivity index (χ2v) is 3.93. The fraction of sp³-hybridized carbons (Fsp3) is 0.143. The maximum atomic E-state index is 11.8. The molecule has 1 amide bonds. The molecule has 0 atom stereocenters. The maximum Gasteiger partial charge on any atom is 0.229 e. The van der Waals surface area contributed by atoms with Crippen LogP contribution < -0.4 is 11.1 Å². The van der Waals surface area contributed by atoms with E-state index in [4.69, 9.17) is 5.73 Å². The Morgan fingerprint density at radius 2 is 1.89 bits per heavy atom. The molecule has 4 heteroatoms. The van der Waals surface area contributed by atoms with Gasteiger partial charge in [0.1, 0.15) is 5.82 Å². The van der Waals surface area contributed by atoms with Crippen LogP contribution in [-0.2, 0) is 17.8 Å². The van der Waals surface area contributed by atoms with E-state index in [1.54, 1.807) is 6.07 Å². The van der Waals surface area contributed by atoms with Crippen LogP contribution in [0.15, 0.2) is 48.5 Å². The number of nitrogens with two attached hydrogens (primary N) is 1. The quantitative estimate of drug-likeness (QED) is 0.856. The third kappa shape index (κ3) is 3.40. The molecule has 3 N–H and O–H groups in total. The molecule has 0 spiro atoms. The van der Waals surface area contributed by atoms with E-state index in [1.165, 1.54) is 0 Å². The van der Waals surface area contributed by atoms with Crippen LogP contribution in [0.4, 0.5) is 5.82 Å². The van der Waals surface area contributed by atoms with Crippen molar-refractivity contribution in [1.29, 1.82) is 0 Å². The van der Waals surface area contributed by atoms with Crippen molar-refractivity contribution in [2.75, 3.05) is 5.32 Å². The first-order valence-electron chi connectivity index (χ1n) is 5.77. The highest BCUT2D eigenvalue weighted by Gasteiger charge is 2.04. The Labute approximate surface area is 106 Å². The summed E-state index contributed by atoms with van der Waals surface area (Å²) in [7, 11) is 0. The number of carbonyl (C=O) groups excluding carboxylic acids is 1. The molecule has 18 heavy (non-hydrogen) atoms. The van der Waals surface area contributed by atoms with E-state index in [0.29, 0.717) is 18.8 Å². The average molecular weight is 241 g/mol. The van der Waals surface area contributed by atoms with Gasteiger partial charge >= 0.3 is 0 Å². The van der Waals surface area contributed by atoms with E-state index in [0.717, 1.165) is 11.3 Å². The van der Waals surface area contributed by atoms with Gasteiger partial charge in [-0.3, -0.25) is 4.79 Å². The van der Waals surface area contributed by atoms with Crippen molar-refractivity contribution in [2.45, 2.75) is 13.0 Å². The zero-order valence-electron chi connectivity index (χ0n) is 9.97. The lowest BCUT2D eigenvalue weighted by atomic mass is 10.1. The van der Waals surface area contributed by atoms with Gasteiger partial charge in [0.05, 0.1) is 12.1 Å². The SMILES string of the molecule is NCc1cccc(NC(=O)Cc2ccccc2)n1. The van der Waals surface area contributed by atoms with Gasteiger partial charge in [-0.25, -0.2) is 4.98 Å². The minimum atomic E-state index is -0.0807. The molecule has 0 aliphatic carbocycles. The zero-order valence-corrected chi connectivity index (χ0v) is 9.97. The summed E-state index contributed by atoms with van der Waals surface area (Å²) in [4.78, 5) is 16.0. The number of rotatable bonds is 4. The van der Waals surface area contributed by atoms with Gasteiger partial charge in [0.2, 0.25) is 5.91 Å². The molecular formula is C14H15N3O. The fourth-order valence-corrected chi connectivity index (χ4v) is 1.63. The van der Waals surface area contributed by atoms with E-state index < -0.39 is 0 Å². The van der Waals surface area contributed by atoms with Crippen molar-refractivity contribution in [3.63, 3.8) is 0 Å². The van der Waals surface area contributed by atoms with Gasteiger partial charge in [0.15, 0.2) is 0 Å². The number of amides is 1. The minimum Gasteiger partial charge on any atom is -0.325 e. The van der Waals surface area contributed by atoms with Crippen LogP contribution in [0.2, 0.25) is 0 Å². The van der Waals surface area contributed by atoms with E-state index in [2.05, 4.69) is 10.3 Å². The summed E-state index contributed by atoms with van der Waals surface area (Å²) in [6.07, 6.45) is 0.343. The Bertz CT molecular complexity index is 526. The highest BCUT2D eigenvalue weighted by molar-refractivity contribution is 5.91. The van der Waals surface area contributed by atoms with Crippen molar-refractivity contribution in [3.8, 4) is 0 Å². The van der Waals surface area contributed by atoms with Crippen molar-refractivity contribution in [1.82, 2.24) is 4.98 Å². The molecule has 1 aromatic heterocycles. The van der Waals surface area contributed by atoms with E-state index in [1.807, 2.05) is 42.5 Å². The number of aromatic nitrogens is 1. The number of anilines is 1. The predicted octanol–water partition coefficient (Wildman–Crippen LogP) is 1.72. The molecule has 0 aliphatic rings. The van der Waals surface area contributed by atoms with Crippen LogP contribution in [-0.4, -0.2) is 10.9 Å². The first kappa shape index (κ1) is 12.3. The molecule has 1 aromatic carbocycles. The van der Waals surface area contributed by atoms with Gasteiger partial charge in [-0.15, -0.1) is 0 Å². The number of nitrogens with zero attached hydrogens (tertiary/aromatic N) is 1. The van der Waals surface area contributed by atoms with E-state index >= 15 is 0 Å². The van der Waals surface area contributed by atoms with Crippen LogP contribution in [0.1, 0.15) is 11.3 Å². The van der Waals surface area contributed by atoms with Crippen LogP contribution in [0, 0.1) is 0 Å². The van der Waals surface area contributed by atoms with Gasteiger partial charge < -0.3 is 11.1 Å². The van der Waals surface area contributed by atoms with E-state index in [-0.39, 0.29) is 5.91 Å². The first-order chi connectivity index (χ1) is 8.78. The Morgan fingerprint density at radius 1 is 1.11 bits per heavy atom. The van der Waals surface area contributed by atoms with Gasteiger partial charge in [-0.2, -0.15) is 0 Å². The molecule has 0 saturated heterocycles. The summed E-state index contributed by atoms with van der Waals surface area (Å²) in [5, 5.41) is 2.76. The summed E-state index contributed by atoms with van der Waals surface area (Å²) >= 11 is 0. The summed E-state index contributed by atoms with van der Waals surface area (Å²) in [6, 6.07) is 15.0. The Kier molecular flexibility index (Phi) is 4.04. The van der Waals surface area contributed by atoms with Gasteiger partial charge in [-0.1, -0.05) is 36.4 Å². The topological polar surface area (TPSA) is 68.0 Å². The Hall–Kier alpha value is -2.20. The average Bonchev–Trinajstić information content (AvgIpc) is 2.40. The van der Waals surface area contributed by atoms with Crippen molar-refractivity contribution >= 4 is 11.7 Å². The molecule has 1 heterocycles. The van der Waals surface area contributed by atoms with Gasteiger partial charge in [-0.05, 0) is 17.7 Å². The number of pyridine rings is 1. The summed E-state index contributed by atoms with van der Waals surface area (Å²) in [5.41, 5.74) is 7.23. The fourth-order valence-electron chi connectivity index (χ4n) is 1.63. The Balaban J connectivity index is 1.99. The minimum absolute atomic E-state index is 0.0807. The summed E-state index contributed by atoms with van der Waals surface area (Å²) in [5.74, 6) is 0.460. The lowest BCUT2D eigenvalue weighted by Gasteiger charge is -2.05. The predicted molar refractivity (Wildman–Crippen MR) is 70.9 cm³/mol. The highest BCUT2D eigenvalue weighted by Crippen LogP contribution is 2.06. The molecule has 2 rings (SSSR count). The molecule has 0 radical (unpaired) electrons. The second kappa shape index (κ2) is 5.93. The third-order valence-corrected chi connectivity index (χ3v) is 2.49. The molecule has 0 bridgehead atoms. The summed E-state index contributed by atoms with van der Waals surface area (Å²) < 4.78 is 0. The molecule has 0 saturated carbocycles. The molecule has 0 fully saturated rings. The normalized spacial score (nSPS) is 10.1. The lowest BCUT2D eigenvalue weighted by molar-refractivity contribution is -0.115. The lowest BCUT2D eigenvalue weighted by Crippen LogP contribution is -2.16. The molecule has 0 unspecified atom stereocenters. The second-order valence-electron chi connectivity index (χ2n) is 3.93. The number of hydrogen-bond donors (Lipinski definition) is 2. The molecule has 4 nitrogen and oxygen atoms in total. The number of benzene rings is 1. The van der Waals surface area contributed by atoms with Crippen LogP contribution in [0.5, 0.6) is 0 Å². The molecule has 2 aromatic rings. The van der Waals surface area contributed by atoms with Crippen LogP contribution >= 0.6 is 0 Å². The van der Waals surface area contributed by atoms with Crippen LogP contribution in [0.3, 0.4) is 0 Å². The zero-order chi connectivity index (χ0) is 12.8. The number of hydrogen-bond acceptors (Lipinski definition) is 3. The van der Waals surface area contributed by atoms with Gasteiger partial charge in [0.25, 0.3) is 0 Å². The van der Waals surface area contributed by atoms with Gasteiger partial charge in [0, 0.05) is 6.54 Å². The standard InChI is InChI=1S/C14H15N3O/c15-10-12-7-4-8-13(16-12)17-14(18)9-11-5-2-1-3-6-11/h1-8H,9-10,15H2,(H,16,17,18). The Morgan fingerprint density at radius 3 is 2.61 bits per heavy atom. The molecule has 0 aliphatic heterocycles. The summed E-state index contributed by atoms with van der Waals surface area (Å²) in [6.45, 7) is 0.363.